The van der Waals surface area contributed by atoms with E-state index >= 15 is 0 Å². The van der Waals surface area contributed by atoms with Gasteiger partial charge in [0.25, 0.3) is 0 Å². The Hall–Kier alpha value is -1.89. The first-order valence-electron chi connectivity index (χ1n) is 8.05. The maximum absolute atomic E-state index is 12.8. The van der Waals surface area contributed by atoms with Crippen LogP contribution in [0.15, 0.2) is 53.7 Å². The summed E-state index contributed by atoms with van der Waals surface area (Å²) in [6.45, 7) is 5.05. The third-order valence-electron chi connectivity index (χ3n) is 3.80. The SMILES string of the molecule is CC(C)Cn1cc(S(=O)(=O)NCc2cccc(Cl)c2)c2cccnc21. The number of nitrogens with one attached hydrogen (secondary N) is 1. The van der Waals surface area contributed by atoms with Gasteiger partial charge in [0, 0.05) is 35.9 Å². The highest BCUT2D eigenvalue weighted by Gasteiger charge is 2.21. The number of sulfonamides is 1. The van der Waals surface area contributed by atoms with Crippen molar-refractivity contribution >= 4 is 32.7 Å². The van der Waals surface area contributed by atoms with Gasteiger partial charge in [-0.05, 0) is 35.7 Å². The normalized spacial score (nSPS) is 12.2. The van der Waals surface area contributed by atoms with Gasteiger partial charge in [0.05, 0.1) is 0 Å². The molecule has 0 unspecified atom stereocenters. The number of hydrogen-bond acceptors (Lipinski definition) is 3. The van der Waals surface area contributed by atoms with Crippen molar-refractivity contribution in [2.75, 3.05) is 0 Å². The molecule has 3 aromatic rings. The monoisotopic (exact) mass is 377 g/mol. The molecule has 3 rings (SSSR count). The lowest BCUT2D eigenvalue weighted by atomic mass is 10.2. The second-order valence-corrected chi connectivity index (χ2v) is 8.54. The van der Waals surface area contributed by atoms with E-state index in [-0.39, 0.29) is 11.4 Å². The molecule has 0 saturated heterocycles. The topological polar surface area (TPSA) is 64.0 Å². The first-order chi connectivity index (χ1) is 11.9. The van der Waals surface area contributed by atoms with Gasteiger partial charge in [-0.2, -0.15) is 0 Å². The molecule has 2 aromatic heterocycles. The Labute approximate surface area is 152 Å². The number of benzene rings is 1. The van der Waals surface area contributed by atoms with Crippen LogP contribution in [0.25, 0.3) is 11.0 Å². The van der Waals surface area contributed by atoms with Crippen LogP contribution in [0.2, 0.25) is 5.02 Å². The van der Waals surface area contributed by atoms with Crippen LogP contribution in [0, 0.1) is 5.92 Å². The molecular weight excluding hydrogens is 358 g/mol. The lowest BCUT2D eigenvalue weighted by Gasteiger charge is -2.07. The molecule has 1 aromatic carbocycles. The fraction of sp³-hybridized carbons (Fsp3) is 0.278. The molecule has 0 spiro atoms. The summed E-state index contributed by atoms with van der Waals surface area (Å²) in [4.78, 5) is 4.60. The van der Waals surface area contributed by atoms with Gasteiger partial charge in [-0.25, -0.2) is 18.1 Å². The summed E-state index contributed by atoms with van der Waals surface area (Å²) >= 11 is 5.95. The summed E-state index contributed by atoms with van der Waals surface area (Å²) in [6.07, 6.45) is 3.34. The summed E-state index contributed by atoms with van der Waals surface area (Å²) in [5.74, 6) is 0.382. The van der Waals surface area contributed by atoms with Crippen LogP contribution in [-0.4, -0.2) is 18.0 Å². The number of halogens is 1. The number of nitrogens with zero attached hydrogens (tertiary/aromatic N) is 2. The molecule has 0 bridgehead atoms. The van der Waals surface area contributed by atoms with Crippen LogP contribution in [0.4, 0.5) is 0 Å². The van der Waals surface area contributed by atoms with Gasteiger partial charge in [-0.3, -0.25) is 0 Å². The van der Waals surface area contributed by atoms with Crippen molar-refractivity contribution in [1.29, 1.82) is 0 Å². The Bertz CT molecular complexity index is 996. The van der Waals surface area contributed by atoms with Crippen LogP contribution in [0.3, 0.4) is 0 Å². The molecule has 25 heavy (non-hydrogen) atoms. The smallest absolute Gasteiger partial charge is 0.243 e. The first-order valence-corrected chi connectivity index (χ1v) is 9.91. The van der Waals surface area contributed by atoms with Crippen LogP contribution in [-0.2, 0) is 23.1 Å². The summed E-state index contributed by atoms with van der Waals surface area (Å²) in [5, 5.41) is 1.20. The minimum absolute atomic E-state index is 0.181. The molecule has 0 aliphatic rings. The molecule has 0 amide bonds. The van der Waals surface area contributed by atoms with Gasteiger partial charge in [0.1, 0.15) is 10.5 Å². The zero-order valence-corrected chi connectivity index (χ0v) is 15.7. The average molecular weight is 378 g/mol. The molecule has 0 radical (unpaired) electrons. The van der Waals surface area contributed by atoms with Crippen molar-refractivity contribution < 1.29 is 8.42 Å². The average Bonchev–Trinajstić information content (AvgIpc) is 2.92. The van der Waals surface area contributed by atoms with E-state index in [1.807, 2.05) is 10.6 Å². The molecule has 0 aliphatic carbocycles. The maximum atomic E-state index is 12.8. The summed E-state index contributed by atoms with van der Waals surface area (Å²) in [5.41, 5.74) is 1.49. The van der Waals surface area contributed by atoms with Gasteiger partial charge in [-0.1, -0.05) is 37.6 Å². The second kappa shape index (κ2) is 7.15. The van der Waals surface area contributed by atoms with Crippen molar-refractivity contribution in [1.82, 2.24) is 14.3 Å². The van der Waals surface area contributed by atoms with Gasteiger partial charge < -0.3 is 4.57 Å². The molecule has 7 heteroatoms. The van der Waals surface area contributed by atoms with E-state index in [9.17, 15) is 8.42 Å². The van der Waals surface area contributed by atoms with E-state index in [0.717, 1.165) is 5.56 Å². The molecular formula is C18H20ClN3O2S. The molecule has 2 heterocycles. The quantitative estimate of drug-likeness (QED) is 0.710. The Morgan fingerprint density at radius 3 is 2.76 bits per heavy atom. The standard InChI is InChI=1S/C18H20ClN3O2S/c1-13(2)11-22-12-17(16-7-4-8-20-18(16)22)25(23,24)21-10-14-5-3-6-15(19)9-14/h3-9,12-13,21H,10-11H2,1-2H3. The largest absolute Gasteiger partial charge is 0.331 e. The van der Waals surface area contributed by atoms with E-state index in [4.69, 9.17) is 11.6 Å². The fourth-order valence-corrected chi connectivity index (χ4v) is 4.18. The highest BCUT2D eigenvalue weighted by atomic mass is 35.5. The van der Waals surface area contributed by atoms with Gasteiger partial charge >= 0.3 is 0 Å². The predicted molar refractivity (Wildman–Crippen MR) is 100 cm³/mol. The number of pyridine rings is 1. The summed E-state index contributed by atoms with van der Waals surface area (Å²) < 4.78 is 30.2. The van der Waals surface area contributed by atoms with E-state index in [1.165, 1.54) is 0 Å². The van der Waals surface area contributed by atoms with Gasteiger partial charge in [-0.15, -0.1) is 0 Å². The van der Waals surface area contributed by atoms with Crippen molar-refractivity contribution in [3.63, 3.8) is 0 Å². The van der Waals surface area contributed by atoms with E-state index < -0.39 is 10.0 Å². The third-order valence-corrected chi connectivity index (χ3v) is 5.47. The highest BCUT2D eigenvalue weighted by Crippen LogP contribution is 2.25. The van der Waals surface area contributed by atoms with Gasteiger partial charge in [0.2, 0.25) is 10.0 Å². The molecule has 0 aliphatic heterocycles. The number of rotatable bonds is 6. The van der Waals surface area contributed by atoms with Crippen molar-refractivity contribution in [3.05, 3.63) is 59.4 Å². The molecule has 0 atom stereocenters. The minimum atomic E-state index is -3.67. The number of aromatic nitrogens is 2. The van der Waals surface area contributed by atoms with Crippen LogP contribution >= 0.6 is 11.6 Å². The highest BCUT2D eigenvalue weighted by molar-refractivity contribution is 7.89. The van der Waals surface area contributed by atoms with Crippen LogP contribution in [0.1, 0.15) is 19.4 Å². The van der Waals surface area contributed by atoms with Crippen molar-refractivity contribution in [3.8, 4) is 0 Å². The Morgan fingerprint density at radius 2 is 2.04 bits per heavy atom. The van der Waals surface area contributed by atoms with Crippen molar-refractivity contribution in [2.45, 2.75) is 31.8 Å². The van der Waals surface area contributed by atoms with E-state index in [0.29, 0.717) is 28.5 Å². The fourth-order valence-electron chi connectivity index (χ4n) is 2.74. The number of fused-ring (bicyclic) bond motifs is 1. The predicted octanol–water partition coefficient (Wildman–Crippen LogP) is 3.82. The minimum Gasteiger partial charge on any atom is -0.331 e. The van der Waals surface area contributed by atoms with Crippen molar-refractivity contribution in [2.24, 2.45) is 5.92 Å². The molecule has 5 nitrogen and oxygen atoms in total. The van der Waals surface area contributed by atoms with Crippen LogP contribution in [0.5, 0.6) is 0 Å². The Morgan fingerprint density at radius 1 is 1.24 bits per heavy atom. The van der Waals surface area contributed by atoms with E-state index in [2.05, 4.69) is 23.6 Å². The lowest BCUT2D eigenvalue weighted by Crippen LogP contribution is -2.23. The first kappa shape index (κ1) is 17.9. The molecule has 1 N–H and O–H groups in total. The number of hydrogen-bond donors (Lipinski definition) is 1. The Kier molecular flexibility index (Phi) is 5.13. The van der Waals surface area contributed by atoms with Crippen LogP contribution < -0.4 is 4.72 Å². The summed E-state index contributed by atoms with van der Waals surface area (Å²) in [6, 6.07) is 10.7. The van der Waals surface area contributed by atoms with E-state index in [1.54, 1.807) is 42.7 Å². The lowest BCUT2D eigenvalue weighted by molar-refractivity contribution is 0.530. The zero-order chi connectivity index (χ0) is 18.0. The second-order valence-electron chi connectivity index (χ2n) is 6.37. The Balaban J connectivity index is 1.94. The zero-order valence-electron chi connectivity index (χ0n) is 14.1. The van der Waals surface area contributed by atoms with Gasteiger partial charge in [0.15, 0.2) is 0 Å². The molecule has 0 fully saturated rings. The molecule has 132 valence electrons. The summed E-state index contributed by atoms with van der Waals surface area (Å²) in [7, 11) is -3.67. The maximum Gasteiger partial charge on any atom is 0.243 e. The third kappa shape index (κ3) is 4.03. The molecule has 0 saturated carbocycles.